The molecule has 1 fully saturated rings. The number of benzene rings is 1. The van der Waals surface area contributed by atoms with Crippen molar-refractivity contribution >= 4 is 16.6 Å². The van der Waals surface area contributed by atoms with E-state index < -0.39 is 4.92 Å². The Morgan fingerprint density at radius 2 is 2.42 bits per heavy atom. The van der Waals surface area contributed by atoms with Gasteiger partial charge in [0.15, 0.2) is 6.23 Å². The van der Waals surface area contributed by atoms with E-state index in [1.54, 1.807) is 23.7 Å². The summed E-state index contributed by atoms with van der Waals surface area (Å²) < 4.78 is 15.2. The van der Waals surface area contributed by atoms with Crippen molar-refractivity contribution in [3.63, 3.8) is 0 Å². The highest BCUT2D eigenvalue weighted by Gasteiger charge is 2.23. The first-order valence-corrected chi connectivity index (χ1v) is 6.34. The van der Waals surface area contributed by atoms with E-state index in [-0.39, 0.29) is 18.1 Å². The van der Waals surface area contributed by atoms with Crippen LogP contribution in [0.2, 0.25) is 0 Å². The van der Waals surface area contributed by atoms with E-state index in [1.807, 2.05) is 0 Å². The minimum Gasteiger partial charge on any atom is -0.356 e. The van der Waals surface area contributed by atoms with Crippen molar-refractivity contribution in [2.75, 3.05) is 6.61 Å². The van der Waals surface area contributed by atoms with Gasteiger partial charge in [-0.05, 0) is 32.3 Å². The molecule has 1 aliphatic heterocycles. The van der Waals surface area contributed by atoms with Crippen LogP contribution in [0.15, 0.2) is 18.3 Å². The lowest BCUT2D eigenvalue weighted by atomic mass is 10.1. The van der Waals surface area contributed by atoms with Gasteiger partial charge in [-0.2, -0.15) is 5.10 Å². The van der Waals surface area contributed by atoms with Crippen LogP contribution in [0.4, 0.5) is 5.69 Å². The zero-order valence-corrected chi connectivity index (χ0v) is 10.6. The summed E-state index contributed by atoms with van der Waals surface area (Å²) >= 11 is 0. The van der Waals surface area contributed by atoms with Crippen molar-refractivity contribution in [2.45, 2.75) is 32.4 Å². The van der Waals surface area contributed by atoms with Gasteiger partial charge in [0.25, 0.3) is 5.69 Å². The van der Waals surface area contributed by atoms with Crippen molar-refractivity contribution in [1.82, 2.24) is 9.78 Å². The van der Waals surface area contributed by atoms with Crippen molar-refractivity contribution in [2.24, 2.45) is 0 Å². The van der Waals surface area contributed by atoms with Crippen molar-refractivity contribution in [3.8, 4) is 0 Å². The summed E-state index contributed by atoms with van der Waals surface area (Å²) in [7, 11) is 0. The third-order valence-electron chi connectivity index (χ3n) is 3.49. The fourth-order valence-electron chi connectivity index (χ4n) is 2.51. The van der Waals surface area contributed by atoms with Gasteiger partial charge in [-0.25, -0.2) is 4.68 Å². The lowest BCUT2D eigenvalue weighted by molar-refractivity contribution is -0.383. The molecule has 3 rings (SSSR count). The minimum absolute atomic E-state index is 0.0328. The lowest BCUT2D eigenvalue weighted by Gasteiger charge is -2.23. The van der Waals surface area contributed by atoms with Crippen molar-refractivity contribution in [3.05, 3.63) is 34.0 Å². The Hall–Kier alpha value is -1.95. The SMILES string of the molecule is [2H]c1nn(C2CCCCO2)c2ccc(C)c([N+](=O)[O-])c12. The van der Waals surface area contributed by atoms with Gasteiger partial charge in [-0.1, -0.05) is 6.07 Å². The molecule has 1 atom stereocenters. The third-order valence-corrected chi connectivity index (χ3v) is 3.49. The molecule has 0 radical (unpaired) electrons. The maximum Gasteiger partial charge on any atom is 0.283 e. The van der Waals surface area contributed by atoms with Crippen LogP contribution in [0.3, 0.4) is 0 Å². The lowest BCUT2D eigenvalue weighted by Crippen LogP contribution is -2.18. The second-order valence-corrected chi connectivity index (χ2v) is 4.76. The fraction of sp³-hybridized carbons (Fsp3) is 0.462. The van der Waals surface area contributed by atoms with E-state index in [9.17, 15) is 10.1 Å². The molecule has 1 aromatic heterocycles. The summed E-state index contributed by atoms with van der Waals surface area (Å²) in [6, 6.07) is 3.47. The van der Waals surface area contributed by atoms with Gasteiger partial charge in [-0.15, -0.1) is 0 Å². The molecule has 1 saturated heterocycles. The number of hydrogen-bond donors (Lipinski definition) is 0. The van der Waals surface area contributed by atoms with Crippen LogP contribution in [0.1, 0.15) is 32.4 Å². The zero-order chi connectivity index (χ0) is 14.3. The van der Waals surface area contributed by atoms with Crippen LogP contribution < -0.4 is 0 Å². The number of aryl methyl sites for hydroxylation is 1. The molecule has 1 aliphatic rings. The predicted molar refractivity (Wildman–Crippen MR) is 70.0 cm³/mol. The number of nitro groups is 1. The molecule has 0 aliphatic carbocycles. The molecule has 0 N–H and O–H groups in total. The number of fused-ring (bicyclic) bond motifs is 1. The van der Waals surface area contributed by atoms with Gasteiger partial charge in [0.2, 0.25) is 0 Å². The molecule has 100 valence electrons. The van der Waals surface area contributed by atoms with Gasteiger partial charge in [-0.3, -0.25) is 10.1 Å². The van der Waals surface area contributed by atoms with Gasteiger partial charge < -0.3 is 4.74 Å². The maximum atomic E-state index is 11.2. The molecular formula is C13H15N3O3. The Bertz CT molecular complexity index is 677. The number of hydrogen-bond acceptors (Lipinski definition) is 4. The summed E-state index contributed by atoms with van der Waals surface area (Å²) in [6.45, 7) is 2.33. The van der Waals surface area contributed by atoms with Crippen LogP contribution in [0.25, 0.3) is 10.9 Å². The third kappa shape index (κ3) is 1.98. The van der Waals surface area contributed by atoms with E-state index in [0.717, 1.165) is 19.3 Å². The molecule has 0 bridgehead atoms. The van der Waals surface area contributed by atoms with Crippen molar-refractivity contribution in [1.29, 1.82) is 0 Å². The van der Waals surface area contributed by atoms with Crippen molar-refractivity contribution < 1.29 is 11.0 Å². The summed E-state index contributed by atoms with van der Waals surface area (Å²) in [5.41, 5.74) is 1.11. The monoisotopic (exact) mass is 262 g/mol. The highest BCUT2D eigenvalue weighted by Crippen LogP contribution is 2.32. The Balaban J connectivity index is 2.21. The van der Waals surface area contributed by atoms with E-state index in [0.29, 0.717) is 23.1 Å². The maximum absolute atomic E-state index is 11.2. The van der Waals surface area contributed by atoms with Gasteiger partial charge in [0.05, 0.1) is 23.4 Å². The van der Waals surface area contributed by atoms with Crippen LogP contribution in [0, 0.1) is 17.0 Å². The molecular weight excluding hydrogens is 246 g/mol. The Morgan fingerprint density at radius 3 is 3.11 bits per heavy atom. The van der Waals surface area contributed by atoms with E-state index in [2.05, 4.69) is 5.10 Å². The van der Waals surface area contributed by atoms with E-state index >= 15 is 0 Å². The Labute approximate surface area is 111 Å². The number of aromatic nitrogens is 2. The van der Waals surface area contributed by atoms with Crippen LogP contribution >= 0.6 is 0 Å². The number of nitro benzene ring substituents is 1. The molecule has 19 heavy (non-hydrogen) atoms. The van der Waals surface area contributed by atoms with Gasteiger partial charge in [0.1, 0.15) is 0 Å². The number of ether oxygens (including phenoxy) is 1. The minimum atomic E-state index is -0.441. The summed E-state index contributed by atoms with van der Waals surface area (Å²) in [5, 5.41) is 15.7. The highest BCUT2D eigenvalue weighted by atomic mass is 16.6. The summed E-state index contributed by atoms with van der Waals surface area (Å²) in [6.07, 6.45) is 2.57. The largest absolute Gasteiger partial charge is 0.356 e. The van der Waals surface area contributed by atoms with Crippen LogP contribution in [-0.2, 0) is 4.74 Å². The highest BCUT2D eigenvalue weighted by molar-refractivity contribution is 5.89. The van der Waals surface area contributed by atoms with Gasteiger partial charge >= 0.3 is 0 Å². The molecule has 0 saturated carbocycles. The summed E-state index contributed by atoms with van der Waals surface area (Å²) in [4.78, 5) is 10.8. The molecule has 0 spiro atoms. The average Bonchev–Trinajstić information content (AvgIpc) is 2.77. The molecule has 2 aromatic rings. The molecule has 1 aromatic carbocycles. The molecule has 6 nitrogen and oxygen atoms in total. The van der Waals surface area contributed by atoms with E-state index in [1.165, 1.54) is 0 Å². The second kappa shape index (κ2) is 4.62. The first kappa shape index (κ1) is 10.9. The molecule has 0 amide bonds. The first-order chi connectivity index (χ1) is 9.59. The standard InChI is InChI=1S/C13H15N3O3/c1-9-5-6-11-10(13(9)16(17)18)8-14-15(11)12-4-2-3-7-19-12/h5-6,8,12H,2-4,7H2,1H3/i8D. The topological polar surface area (TPSA) is 70.2 Å². The zero-order valence-electron chi connectivity index (χ0n) is 11.6. The normalized spacial score (nSPS) is 20.5. The molecule has 2 heterocycles. The van der Waals surface area contributed by atoms with E-state index in [4.69, 9.17) is 6.11 Å². The fourth-order valence-corrected chi connectivity index (χ4v) is 2.51. The number of rotatable bonds is 2. The smallest absolute Gasteiger partial charge is 0.283 e. The number of nitrogens with zero attached hydrogens (tertiary/aromatic N) is 3. The predicted octanol–water partition coefficient (Wildman–Crippen LogP) is 2.95. The Morgan fingerprint density at radius 1 is 1.58 bits per heavy atom. The second-order valence-electron chi connectivity index (χ2n) is 4.76. The van der Waals surface area contributed by atoms with Crippen LogP contribution in [-0.4, -0.2) is 21.3 Å². The molecule has 1 unspecified atom stereocenters. The van der Waals surface area contributed by atoms with Gasteiger partial charge in [0, 0.05) is 12.2 Å². The quantitative estimate of drug-likeness (QED) is 0.616. The Kier molecular flexibility index (Phi) is 2.66. The van der Waals surface area contributed by atoms with Crippen LogP contribution in [0.5, 0.6) is 0 Å². The first-order valence-electron chi connectivity index (χ1n) is 6.84. The molecule has 6 heteroatoms. The summed E-state index contributed by atoms with van der Waals surface area (Å²) in [5.74, 6) is 0. The average molecular weight is 262 g/mol.